The van der Waals surface area contributed by atoms with Crippen LogP contribution >= 0.6 is 0 Å². The highest BCUT2D eigenvalue weighted by molar-refractivity contribution is 6.13. The number of alkyl halides is 2. The molecule has 5 nitrogen and oxygen atoms in total. The van der Waals surface area contributed by atoms with Crippen LogP contribution < -0.4 is 5.32 Å². The van der Waals surface area contributed by atoms with Gasteiger partial charge in [-0.2, -0.15) is 5.10 Å². The number of aromatic nitrogens is 2. The highest BCUT2D eigenvalue weighted by Crippen LogP contribution is 2.49. The van der Waals surface area contributed by atoms with Gasteiger partial charge in [-0.3, -0.25) is 14.9 Å². The van der Waals surface area contributed by atoms with Crippen LogP contribution in [0.4, 0.5) is 20.2 Å². The molecule has 1 aliphatic carbocycles. The number of hydrogen-bond donors (Lipinski definition) is 2. The minimum Gasteiger partial charge on any atom is -0.326 e. The van der Waals surface area contributed by atoms with Gasteiger partial charge in [0.1, 0.15) is 11.6 Å². The van der Waals surface area contributed by atoms with Gasteiger partial charge in [0.05, 0.1) is 16.9 Å². The zero-order valence-electron chi connectivity index (χ0n) is 13.6. The molecule has 1 aromatic heterocycles. The Bertz CT molecular complexity index is 1090. The van der Waals surface area contributed by atoms with Crippen LogP contribution in [0.15, 0.2) is 47.5 Å². The molecule has 2 heterocycles. The lowest BCUT2D eigenvalue weighted by Crippen LogP contribution is -2.17. The third kappa shape index (κ3) is 2.39. The van der Waals surface area contributed by atoms with E-state index in [1.54, 1.807) is 18.2 Å². The molecular formula is C19H14F2N4O. The molecule has 1 amide bonds. The van der Waals surface area contributed by atoms with Crippen LogP contribution in [0.3, 0.4) is 0 Å². The van der Waals surface area contributed by atoms with E-state index in [2.05, 4.69) is 20.5 Å². The van der Waals surface area contributed by atoms with Crippen molar-refractivity contribution in [3.8, 4) is 0 Å². The van der Waals surface area contributed by atoms with Crippen LogP contribution in [0.1, 0.15) is 17.7 Å². The lowest BCUT2D eigenvalue weighted by atomic mass is 10.1. The van der Waals surface area contributed by atoms with E-state index in [1.807, 2.05) is 24.3 Å². The van der Waals surface area contributed by atoms with Crippen molar-refractivity contribution in [3.05, 3.63) is 53.7 Å². The van der Waals surface area contributed by atoms with E-state index in [1.165, 1.54) is 0 Å². The Balaban J connectivity index is 1.46. The van der Waals surface area contributed by atoms with Crippen molar-refractivity contribution < 1.29 is 13.6 Å². The van der Waals surface area contributed by atoms with E-state index in [9.17, 15) is 13.6 Å². The number of nitrogens with one attached hydrogen (secondary N) is 2. The highest BCUT2D eigenvalue weighted by Gasteiger charge is 2.61. The molecule has 3 aromatic rings. The minimum atomic E-state index is -2.88. The van der Waals surface area contributed by atoms with E-state index in [4.69, 9.17) is 0 Å². The number of anilines is 1. The average molecular weight is 352 g/mol. The summed E-state index contributed by atoms with van der Waals surface area (Å²) in [7, 11) is 0. The number of para-hydroxylation sites is 1. The third-order valence-corrected chi connectivity index (χ3v) is 4.85. The van der Waals surface area contributed by atoms with E-state index >= 15 is 0 Å². The number of benzene rings is 2. The summed E-state index contributed by atoms with van der Waals surface area (Å²) >= 11 is 0. The molecule has 0 saturated heterocycles. The summed E-state index contributed by atoms with van der Waals surface area (Å²) in [6, 6.07) is 13.1. The molecule has 2 N–H and O–H groups in total. The SMILES string of the molecule is O=C(Nc1ccc2[nH]nc(C3=Nc4ccccc4C3)c2c1)C1CC1(F)F. The number of halogens is 2. The van der Waals surface area contributed by atoms with Crippen LogP contribution in [0.2, 0.25) is 0 Å². The summed E-state index contributed by atoms with van der Waals surface area (Å²) in [4.78, 5) is 16.6. The lowest BCUT2D eigenvalue weighted by molar-refractivity contribution is -0.119. The third-order valence-electron chi connectivity index (χ3n) is 4.85. The van der Waals surface area contributed by atoms with Crippen LogP contribution in [-0.4, -0.2) is 27.7 Å². The van der Waals surface area contributed by atoms with Crippen LogP contribution in [0.5, 0.6) is 0 Å². The zero-order valence-corrected chi connectivity index (χ0v) is 13.6. The van der Waals surface area contributed by atoms with E-state index in [-0.39, 0.29) is 6.42 Å². The van der Waals surface area contributed by atoms with Gasteiger partial charge < -0.3 is 5.32 Å². The first-order chi connectivity index (χ1) is 12.5. The number of aliphatic imine (C=N–C) groups is 1. The first-order valence-corrected chi connectivity index (χ1v) is 8.34. The van der Waals surface area contributed by atoms with Crippen molar-refractivity contribution in [2.75, 3.05) is 5.32 Å². The number of fused-ring (bicyclic) bond motifs is 2. The fraction of sp³-hybridized carbons (Fsp3) is 0.211. The molecule has 1 atom stereocenters. The van der Waals surface area contributed by atoms with Gasteiger partial charge in [-0.25, -0.2) is 8.78 Å². The predicted molar refractivity (Wildman–Crippen MR) is 94.1 cm³/mol. The van der Waals surface area contributed by atoms with Gasteiger partial charge in [-0.05, 0) is 29.8 Å². The predicted octanol–water partition coefficient (Wildman–Crippen LogP) is 3.83. The Hall–Kier alpha value is -3.09. The smallest absolute Gasteiger partial charge is 0.260 e. The second kappa shape index (κ2) is 5.20. The second-order valence-corrected chi connectivity index (χ2v) is 6.70. The Morgan fingerprint density at radius 1 is 1.23 bits per heavy atom. The summed E-state index contributed by atoms with van der Waals surface area (Å²) in [5.41, 5.74) is 4.90. The van der Waals surface area contributed by atoms with Gasteiger partial charge in [-0.15, -0.1) is 0 Å². The monoisotopic (exact) mass is 352 g/mol. The number of aromatic amines is 1. The Morgan fingerprint density at radius 2 is 2.04 bits per heavy atom. The normalized spacial score (nSPS) is 19.9. The standard InChI is InChI=1S/C19H14F2N4O/c20-19(21)9-13(19)18(26)22-11-5-6-15-12(8-11)17(25-24-15)16-7-10-3-1-2-4-14(10)23-16/h1-6,8,13H,7,9H2,(H,22,26)(H,24,25). The Labute approximate surface area is 147 Å². The molecule has 0 spiro atoms. The molecule has 130 valence electrons. The number of hydrogen-bond acceptors (Lipinski definition) is 3. The zero-order chi connectivity index (χ0) is 17.9. The quantitative estimate of drug-likeness (QED) is 0.752. The van der Waals surface area contributed by atoms with E-state index < -0.39 is 17.7 Å². The number of amides is 1. The van der Waals surface area contributed by atoms with Crippen molar-refractivity contribution in [1.82, 2.24) is 10.2 Å². The van der Waals surface area contributed by atoms with Crippen LogP contribution in [0.25, 0.3) is 10.9 Å². The molecule has 1 fully saturated rings. The molecule has 2 aromatic carbocycles. The van der Waals surface area contributed by atoms with Gasteiger partial charge in [-0.1, -0.05) is 18.2 Å². The summed E-state index contributed by atoms with van der Waals surface area (Å²) in [5.74, 6) is -4.75. The maximum atomic E-state index is 13.1. The first kappa shape index (κ1) is 15.2. The summed E-state index contributed by atoms with van der Waals surface area (Å²) in [6.45, 7) is 0. The topological polar surface area (TPSA) is 70.1 Å². The van der Waals surface area contributed by atoms with Crippen molar-refractivity contribution in [2.45, 2.75) is 18.8 Å². The Morgan fingerprint density at radius 3 is 2.81 bits per heavy atom. The largest absolute Gasteiger partial charge is 0.326 e. The average Bonchev–Trinajstić information content (AvgIpc) is 2.99. The van der Waals surface area contributed by atoms with E-state index in [0.717, 1.165) is 27.9 Å². The summed E-state index contributed by atoms with van der Waals surface area (Å²) < 4.78 is 26.1. The molecular weight excluding hydrogens is 338 g/mol. The van der Waals surface area contributed by atoms with Crippen molar-refractivity contribution in [1.29, 1.82) is 0 Å². The van der Waals surface area contributed by atoms with Gasteiger partial charge in [0, 0.05) is 23.9 Å². The highest BCUT2D eigenvalue weighted by atomic mass is 19.3. The second-order valence-electron chi connectivity index (χ2n) is 6.70. The molecule has 0 radical (unpaired) electrons. The maximum absolute atomic E-state index is 13.1. The summed E-state index contributed by atoms with van der Waals surface area (Å²) in [6.07, 6.45) is 0.300. The Kier molecular flexibility index (Phi) is 3.04. The molecule has 2 aliphatic rings. The van der Waals surface area contributed by atoms with E-state index in [0.29, 0.717) is 17.8 Å². The fourth-order valence-corrected chi connectivity index (χ4v) is 3.31. The number of carbonyl (C=O) groups is 1. The fourth-order valence-electron chi connectivity index (χ4n) is 3.31. The molecule has 26 heavy (non-hydrogen) atoms. The lowest BCUT2D eigenvalue weighted by Gasteiger charge is -2.05. The summed E-state index contributed by atoms with van der Waals surface area (Å²) in [5, 5.41) is 10.7. The van der Waals surface area contributed by atoms with Crippen molar-refractivity contribution in [2.24, 2.45) is 10.9 Å². The van der Waals surface area contributed by atoms with Gasteiger partial charge in [0.15, 0.2) is 0 Å². The van der Waals surface area contributed by atoms with Crippen LogP contribution in [-0.2, 0) is 11.2 Å². The maximum Gasteiger partial charge on any atom is 0.260 e. The molecule has 7 heteroatoms. The molecule has 1 aliphatic heterocycles. The van der Waals surface area contributed by atoms with Gasteiger partial charge in [0.25, 0.3) is 5.92 Å². The first-order valence-electron chi connectivity index (χ1n) is 8.34. The van der Waals surface area contributed by atoms with Crippen LogP contribution in [0, 0.1) is 5.92 Å². The molecule has 1 unspecified atom stereocenters. The molecule has 0 bridgehead atoms. The number of nitrogens with zero attached hydrogens (tertiary/aromatic N) is 2. The minimum absolute atomic E-state index is 0.382. The molecule has 5 rings (SSSR count). The van der Waals surface area contributed by atoms with Crippen molar-refractivity contribution in [3.63, 3.8) is 0 Å². The number of rotatable bonds is 3. The molecule has 1 saturated carbocycles. The van der Waals surface area contributed by atoms with Gasteiger partial charge >= 0.3 is 0 Å². The number of carbonyl (C=O) groups excluding carboxylic acids is 1. The van der Waals surface area contributed by atoms with Crippen molar-refractivity contribution >= 4 is 33.9 Å². The van der Waals surface area contributed by atoms with Gasteiger partial charge in [0.2, 0.25) is 5.91 Å². The number of H-pyrrole nitrogens is 1.